The van der Waals surface area contributed by atoms with E-state index in [1.54, 1.807) is 0 Å². The van der Waals surface area contributed by atoms with Gasteiger partial charge in [-0.1, -0.05) is 0 Å². The molecular weight excluding hydrogens is 493 g/mol. The van der Waals surface area contributed by atoms with Crippen LogP contribution in [-0.2, 0) is 5.41 Å². The Balaban J connectivity index is 1.96. The van der Waals surface area contributed by atoms with Gasteiger partial charge in [0.15, 0.2) is 0 Å². The first kappa shape index (κ1) is 15.2. The molecule has 1 aliphatic carbocycles. The molecule has 0 saturated heterocycles. The van der Waals surface area contributed by atoms with Crippen molar-refractivity contribution in [1.29, 1.82) is 0 Å². The van der Waals surface area contributed by atoms with E-state index >= 15 is 0 Å². The molecule has 0 bridgehead atoms. The average molecular weight is 510 g/mol. The summed E-state index contributed by atoms with van der Waals surface area (Å²) in [6.45, 7) is 0. The second kappa shape index (κ2) is 6.03. The van der Waals surface area contributed by atoms with Gasteiger partial charge in [-0.05, 0) is 0 Å². The van der Waals surface area contributed by atoms with Crippen LogP contribution in [0.1, 0.15) is 16.7 Å². The van der Waals surface area contributed by atoms with Gasteiger partial charge in [0.2, 0.25) is 0 Å². The van der Waals surface area contributed by atoms with Crippen molar-refractivity contribution >= 4 is 27.3 Å². The van der Waals surface area contributed by atoms with Gasteiger partial charge in [0, 0.05) is 0 Å². The summed E-state index contributed by atoms with van der Waals surface area (Å²) in [4.78, 5) is 0. The average Bonchev–Trinajstić information content (AvgIpc) is 3.01. The molecule has 0 aromatic heterocycles. The van der Waals surface area contributed by atoms with Gasteiger partial charge in [0.05, 0.1) is 0 Å². The number of hydrogen-bond acceptors (Lipinski definition) is 0. The Morgan fingerprint density at radius 3 is 1.84 bits per heavy atom. The van der Waals surface area contributed by atoms with Gasteiger partial charge in [0.25, 0.3) is 0 Å². The van der Waals surface area contributed by atoms with Crippen molar-refractivity contribution in [3.8, 4) is 11.1 Å². The summed E-state index contributed by atoms with van der Waals surface area (Å²) in [5.41, 5.74) is 8.10. The summed E-state index contributed by atoms with van der Waals surface area (Å²) in [6, 6.07) is 28.8. The van der Waals surface area contributed by atoms with E-state index in [2.05, 4.69) is 98.2 Å². The van der Waals surface area contributed by atoms with E-state index in [4.69, 9.17) is 0 Å². The number of fused-ring (bicyclic) bond motifs is 3. The molecule has 25 heavy (non-hydrogen) atoms. The summed E-state index contributed by atoms with van der Waals surface area (Å²) in [5.74, 6) is 0. The minimum atomic E-state index is -0.790. The van der Waals surface area contributed by atoms with Gasteiger partial charge in [0.1, 0.15) is 0 Å². The van der Waals surface area contributed by atoms with Crippen LogP contribution >= 0.6 is 0 Å². The van der Waals surface area contributed by atoms with E-state index in [9.17, 15) is 0 Å². The van der Waals surface area contributed by atoms with Crippen molar-refractivity contribution in [2.45, 2.75) is 5.41 Å². The first-order valence-corrected chi connectivity index (χ1v) is 13.9. The Morgan fingerprint density at radius 1 is 0.640 bits per heavy atom. The quantitative estimate of drug-likeness (QED) is 0.429. The number of benzene rings is 3. The molecule has 0 saturated carbocycles. The molecule has 0 fully saturated rings. The molecule has 2 aliphatic rings. The van der Waals surface area contributed by atoms with Crippen LogP contribution < -0.4 is 0 Å². The van der Waals surface area contributed by atoms with Gasteiger partial charge in [-0.25, -0.2) is 0 Å². The third-order valence-corrected chi connectivity index (χ3v) is 8.59. The maximum atomic E-state index is 2.48. The normalized spacial score (nSPS) is 15.9. The van der Waals surface area contributed by atoms with Crippen molar-refractivity contribution in [3.63, 3.8) is 0 Å². The summed E-state index contributed by atoms with van der Waals surface area (Å²) in [6.07, 6.45) is 4.81. The van der Waals surface area contributed by atoms with Crippen molar-refractivity contribution in [3.05, 3.63) is 117 Å². The molecule has 0 amide bonds. The number of hydrogen-bond donors (Lipinski definition) is 0. The summed E-state index contributed by atoms with van der Waals surface area (Å²) in [7, 11) is 0. The van der Waals surface area contributed by atoms with Crippen LogP contribution in [0.3, 0.4) is 0 Å². The second-order valence-electron chi connectivity index (χ2n) is 6.57. The van der Waals surface area contributed by atoms with E-state index < -0.39 is 23.7 Å². The fourth-order valence-corrected chi connectivity index (χ4v) is 7.37. The van der Waals surface area contributed by atoms with Gasteiger partial charge < -0.3 is 0 Å². The van der Waals surface area contributed by atoms with E-state index in [1.165, 1.54) is 33.4 Å². The van der Waals surface area contributed by atoms with Crippen molar-refractivity contribution in [1.82, 2.24) is 0 Å². The predicted molar refractivity (Wildman–Crippen MR) is 107 cm³/mol. The molecule has 0 nitrogen and oxygen atoms in total. The Hall–Kier alpha value is -2.07. The fourth-order valence-electron chi connectivity index (χ4n) is 4.40. The Labute approximate surface area is 160 Å². The molecule has 3 aromatic rings. The number of allylic oxidation sites excluding steroid dienone is 3. The van der Waals surface area contributed by atoms with Crippen molar-refractivity contribution < 1.29 is 0 Å². The Kier molecular flexibility index (Phi) is 3.67. The van der Waals surface area contributed by atoms with Gasteiger partial charge >= 0.3 is 161 Å². The van der Waals surface area contributed by atoms with E-state index in [0.717, 1.165) is 0 Å². The second-order valence-corrected chi connectivity index (χ2v) is 11.1. The van der Waals surface area contributed by atoms with Crippen LogP contribution in [0.4, 0.5) is 0 Å². The molecule has 0 radical (unpaired) electrons. The maximum absolute atomic E-state index is 2.48. The standard InChI is InChI=1S/C24H17.Tl/c1-3-18(4-2)24(19-12-6-5-7-13-19)22-16-10-8-14-20(22)21-15-9-11-17-23(21)24;/h1-17H;. The third kappa shape index (κ3) is 2.13. The number of rotatable bonds is 2. The van der Waals surface area contributed by atoms with Crippen molar-refractivity contribution in [2.24, 2.45) is 0 Å². The minimum absolute atomic E-state index is 0.201. The van der Waals surface area contributed by atoms with Gasteiger partial charge in [-0.3, -0.25) is 0 Å². The molecule has 1 aliphatic heterocycles. The molecule has 0 N–H and O–H groups in total. The first-order valence-electron chi connectivity index (χ1n) is 8.73. The summed E-state index contributed by atoms with van der Waals surface area (Å²) >= 11 is -0.790. The van der Waals surface area contributed by atoms with Crippen LogP contribution in [0.25, 0.3) is 11.1 Å². The zero-order valence-electron chi connectivity index (χ0n) is 13.9. The zero-order chi connectivity index (χ0) is 16.7. The summed E-state index contributed by atoms with van der Waals surface area (Å²) in [5, 5.41) is 0. The van der Waals surface area contributed by atoms with Gasteiger partial charge in [-0.2, -0.15) is 0 Å². The molecule has 116 valence electrons. The molecule has 1 heteroatoms. The van der Waals surface area contributed by atoms with Crippen LogP contribution in [-0.4, -0.2) is 27.3 Å². The molecular formula is C24H17Tl. The molecule has 0 atom stereocenters. The van der Waals surface area contributed by atoms with Crippen LogP contribution in [0.5, 0.6) is 0 Å². The topological polar surface area (TPSA) is 0 Å². The monoisotopic (exact) mass is 510 g/mol. The Bertz CT molecular complexity index is 993. The van der Waals surface area contributed by atoms with E-state index in [1.807, 2.05) is 0 Å². The molecule has 3 aromatic carbocycles. The zero-order valence-corrected chi connectivity index (χ0v) is 18.4. The van der Waals surface area contributed by atoms with Gasteiger partial charge in [-0.15, -0.1) is 0 Å². The van der Waals surface area contributed by atoms with E-state index in [-0.39, 0.29) is 5.41 Å². The third-order valence-electron chi connectivity index (χ3n) is 5.37. The molecule has 5 rings (SSSR count). The van der Waals surface area contributed by atoms with Crippen LogP contribution in [0.15, 0.2) is 100 Å². The van der Waals surface area contributed by atoms with Crippen LogP contribution in [0.2, 0.25) is 0 Å². The van der Waals surface area contributed by atoms with Crippen LogP contribution in [0, 0.1) is 0 Å². The molecule has 0 spiro atoms. The SMILES string of the molecule is [CH]1=CC(C2(c3ccccc3)c3ccccc3-c3ccccc32)=C[CH]=[Tl]1. The Morgan fingerprint density at radius 2 is 1.24 bits per heavy atom. The predicted octanol–water partition coefficient (Wildman–Crippen LogP) is 4.96. The molecule has 1 heterocycles. The van der Waals surface area contributed by atoms with E-state index in [0.29, 0.717) is 0 Å². The fraction of sp³-hybridized carbons (Fsp3) is 0.0417. The first-order chi connectivity index (χ1) is 12.4. The summed E-state index contributed by atoms with van der Waals surface area (Å²) < 4.78 is 4.95. The molecule has 0 unspecified atom stereocenters. The van der Waals surface area contributed by atoms with Crippen molar-refractivity contribution in [2.75, 3.05) is 0 Å².